The summed E-state index contributed by atoms with van der Waals surface area (Å²) in [5, 5.41) is 9.30. The number of carbonyl (C=O) groups excluding carboxylic acids is 1. The second kappa shape index (κ2) is 8.94. The summed E-state index contributed by atoms with van der Waals surface area (Å²) >= 11 is 0. The predicted octanol–water partition coefficient (Wildman–Crippen LogP) is 3.11. The first-order valence-electron chi connectivity index (χ1n) is 10.1. The van der Waals surface area contributed by atoms with Crippen molar-refractivity contribution in [2.75, 3.05) is 25.0 Å². The maximum atomic E-state index is 13.1. The molecule has 4 rings (SSSR count). The molecule has 0 unspecified atom stereocenters. The molecule has 1 aliphatic heterocycles. The molecule has 2 N–H and O–H groups in total. The van der Waals surface area contributed by atoms with Gasteiger partial charge in [-0.2, -0.15) is 9.40 Å². The number of sulfonamides is 1. The molecule has 1 saturated heterocycles. The molecule has 3 aromatic rings. The van der Waals surface area contributed by atoms with E-state index in [2.05, 4.69) is 15.5 Å². The fourth-order valence-electron chi connectivity index (χ4n) is 3.54. The van der Waals surface area contributed by atoms with Crippen molar-refractivity contribution in [3.63, 3.8) is 0 Å². The largest absolute Gasteiger partial charge is 0.494 e. The van der Waals surface area contributed by atoms with Gasteiger partial charge in [-0.05, 0) is 62.2 Å². The summed E-state index contributed by atoms with van der Waals surface area (Å²) in [4.78, 5) is 12.7. The lowest BCUT2D eigenvalue weighted by Gasteiger charge is -2.30. The van der Waals surface area contributed by atoms with Crippen molar-refractivity contribution in [1.29, 1.82) is 0 Å². The van der Waals surface area contributed by atoms with Crippen LogP contribution in [0.3, 0.4) is 0 Å². The molecule has 2 aromatic heterocycles. The van der Waals surface area contributed by atoms with E-state index in [1.165, 1.54) is 10.4 Å². The van der Waals surface area contributed by atoms with E-state index in [4.69, 9.17) is 9.15 Å². The highest BCUT2D eigenvalue weighted by Gasteiger charge is 2.35. The van der Waals surface area contributed by atoms with Gasteiger partial charge in [0.1, 0.15) is 11.4 Å². The van der Waals surface area contributed by atoms with Gasteiger partial charge in [-0.1, -0.05) is 0 Å². The van der Waals surface area contributed by atoms with Gasteiger partial charge in [-0.25, -0.2) is 8.42 Å². The van der Waals surface area contributed by atoms with E-state index in [-0.39, 0.29) is 17.5 Å². The summed E-state index contributed by atoms with van der Waals surface area (Å²) in [5.41, 5.74) is 1.23. The zero-order chi connectivity index (χ0) is 21.8. The molecule has 0 bridgehead atoms. The van der Waals surface area contributed by atoms with Crippen LogP contribution >= 0.6 is 0 Å². The molecule has 0 aliphatic carbocycles. The van der Waals surface area contributed by atoms with Crippen molar-refractivity contribution in [2.45, 2.75) is 24.9 Å². The van der Waals surface area contributed by atoms with Gasteiger partial charge in [0.2, 0.25) is 11.0 Å². The molecule has 10 heteroatoms. The van der Waals surface area contributed by atoms with Gasteiger partial charge in [-0.3, -0.25) is 9.89 Å². The Kier molecular flexibility index (Phi) is 6.10. The zero-order valence-electron chi connectivity index (χ0n) is 17.1. The standard InChI is InChI=1S/C21H24N4O5S/c1-2-29-17-7-5-16(6-8-17)23-21(26)15-4-3-13-25(14-15)31(27,28)20-10-9-19(30-20)18-11-12-22-24-18/h5-12,15H,2-4,13-14H2,1H3,(H,22,24)(H,23,26)/t15-/m1/s1. The lowest BCUT2D eigenvalue weighted by molar-refractivity contribution is -0.120. The van der Waals surface area contributed by atoms with Crippen LogP contribution in [0, 0.1) is 5.92 Å². The Bertz CT molecular complexity index is 1120. The van der Waals surface area contributed by atoms with Crippen LogP contribution in [-0.2, 0) is 14.8 Å². The molecule has 1 aliphatic rings. The fourth-order valence-corrected chi connectivity index (χ4v) is 4.98. The second-order valence-electron chi connectivity index (χ2n) is 7.24. The van der Waals surface area contributed by atoms with E-state index in [9.17, 15) is 13.2 Å². The summed E-state index contributed by atoms with van der Waals surface area (Å²) < 4.78 is 38.4. The number of hydrogen-bond acceptors (Lipinski definition) is 6. The molecule has 1 amide bonds. The third-order valence-electron chi connectivity index (χ3n) is 5.13. The second-order valence-corrected chi connectivity index (χ2v) is 9.11. The van der Waals surface area contributed by atoms with Gasteiger partial charge in [0.25, 0.3) is 10.0 Å². The van der Waals surface area contributed by atoms with Crippen molar-refractivity contribution >= 4 is 21.6 Å². The van der Waals surface area contributed by atoms with Crippen LogP contribution < -0.4 is 10.1 Å². The number of ether oxygens (including phenoxy) is 1. The Morgan fingerprint density at radius 3 is 2.77 bits per heavy atom. The predicted molar refractivity (Wildman–Crippen MR) is 114 cm³/mol. The van der Waals surface area contributed by atoms with Crippen molar-refractivity contribution in [2.24, 2.45) is 5.92 Å². The molecular weight excluding hydrogens is 420 g/mol. The molecule has 164 valence electrons. The molecule has 9 nitrogen and oxygen atoms in total. The van der Waals surface area contributed by atoms with Crippen LogP contribution in [0.5, 0.6) is 5.75 Å². The molecule has 3 heterocycles. The van der Waals surface area contributed by atoms with Crippen LogP contribution in [0.15, 0.2) is 58.2 Å². The van der Waals surface area contributed by atoms with Crippen molar-refractivity contribution in [3.05, 3.63) is 48.7 Å². The van der Waals surface area contributed by atoms with Crippen molar-refractivity contribution < 1.29 is 22.4 Å². The number of nitrogens with one attached hydrogen (secondary N) is 2. The normalized spacial score (nSPS) is 17.4. The molecule has 1 aromatic carbocycles. The number of nitrogens with zero attached hydrogens (tertiary/aromatic N) is 2. The number of anilines is 1. The molecule has 31 heavy (non-hydrogen) atoms. The highest BCUT2D eigenvalue weighted by Crippen LogP contribution is 2.28. The van der Waals surface area contributed by atoms with Crippen molar-refractivity contribution in [1.82, 2.24) is 14.5 Å². The topological polar surface area (TPSA) is 118 Å². The minimum Gasteiger partial charge on any atom is -0.494 e. The van der Waals surface area contributed by atoms with Crippen LogP contribution in [0.1, 0.15) is 19.8 Å². The molecule has 1 atom stereocenters. The van der Waals surface area contributed by atoms with E-state index in [0.717, 1.165) is 5.75 Å². The highest BCUT2D eigenvalue weighted by molar-refractivity contribution is 7.89. The third-order valence-corrected chi connectivity index (χ3v) is 6.87. The van der Waals surface area contributed by atoms with Gasteiger partial charge in [0.05, 0.1) is 12.5 Å². The smallest absolute Gasteiger partial charge is 0.276 e. The summed E-state index contributed by atoms with van der Waals surface area (Å²) in [6.45, 7) is 2.91. The molecule has 0 saturated carbocycles. The Morgan fingerprint density at radius 1 is 1.26 bits per heavy atom. The lowest BCUT2D eigenvalue weighted by Crippen LogP contribution is -2.43. The molecule has 1 fully saturated rings. The Morgan fingerprint density at radius 2 is 2.06 bits per heavy atom. The van der Waals surface area contributed by atoms with E-state index in [1.807, 2.05) is 6.92 Å². The lowest BCUT2D eigenvalue weighted by atomic mass is 9.99. The van der Waals surface area contributed by atoms with Crippen LogP contribution in [0.4, 0.5) is 5.69 Å². The third kappa shape index (κ3) is 4.64. The van der Waals surface area contributed by atoms with Crippen molar-refractivity contribution in [3.8, 4) is 17.2 Å². The van der Waals surface area contributed by atoms with Crippen LogP contribution in [0.25, 0.3) is 11.5 Å². The van der Waals surface area contributed by atoms with Crippen LogP contribution in [-0.4, -0.2) is 48.5 Å². The maximum absolute atomic E-state index is 13.1. The Labute approximate surface area is 180 Å². The first kappa shape index (κ1) is 21.1. The quantitative estimate of drug-likeness (QED) is 0.578. The number of aromatic nitrogens is 2. The average molecular weight is 445 g/mol. The van der Waals surface area contributed by atoms with Gasteiger partial charge in [0.15, 0.2) is 5.76 Å². The van der Waals surface area contributed by atoms with E-state index >= 15 is 0 Å². The number of aromatic amines is 1. The molecule has 0 radical (unpaired) electrons. The number of piperidine rings is 1. The Hall–Kier alpha value is -3.11. The minimum absolute atomic E-state index is 0.102. The summed E-state index contributed by atoms with van der Waals surface area (Å²) in [5.74, 6) is 0.458. The summed E-state index contributed by atoms with van der Waals surface area (Å²) in [7, 11) is -3.85. The van der Waals surface area contributed by atoms with Gasteiger partial charge in [0, 0.05) is 25.0 Å². The molecule has 0 spiro atoms. The first-order chi connectivity index (χ1) is 15.0. The number of benzene rings is 1. The number of amides is 1. The maximum Gasteiger partial charge on any atom is 0.276 e. The SMILES string of the molecule is CCOc1ccc(NC(=O)[C@@H]2CCCN(S(=O)(=O)c3ccc(-c4ccn[nH]4)o3)C2)cc1. The van der Waals surface area contributed by atoms with E-state index in [0.29, 0.717) is 43.1 Å². The fraction of sp³-hybridized carbons (Fsp3) is 0.333. The first-order valence-corrected chi connectivity index (χ1v) is 11.5. The monoisotopic (exact) mass is 444 g/mol. The Balaban J connectivity index is 1.43. The van der Waals surface area contributed by atoms with Gasteiger partial charge >= 0.3 is 0 Å². The average Bonchev–Trinajstić information content (AvgIpc) is 3.48. The zero-order valence-corrected chi connectivity index (χ0v) is 17.9. The van der Waals surface area contributed by atoms with Crippen LogP contribution in [0.2, 0.25) is 0 Å². The summed E-state index contributed by atoms with van der Waals surface area (Å²) in [6.07, 6.45) is 2.77. The van der Waals surface area contributed by atoms with Gasteiger partial charge < -0.3 is 14.5 Å². The highest BCUT2D eigenvalue weighted by atomic mass is 32.2. The van der Waals surface area contributed by atoms with E-state index in [1.54, 1.807) is 42.6 Å². The number of hydrogen-bond donors (Lipinski definition) is 2. The summed E-state index contributed by atoms with van der Waals surface area (Å²) in [6, 6.07) is 11.8. The molecular formula is C21H24N4O5S. The number of rotatable bonds is 7. The number of H-pyrrole nitrogens is 1. The number of carbonyl (C=O) groups is 1. The number of furan rings is 1. The minimum atomic E-state index is -3.85. The van der Waals surface area contributed by atoms with Gasteiger partial charge in [-0.15, -0.1) is 0 Å². The van der Waals surface area contributed by atoms with E-state index < -0.39 is 15.9 Å².